The number of anilines is 1. The van der Waals surface area contributed by atoms with Gasteiger partial charge in [-0.2, -0.15) is 0 Å². The Kier molecular flexibility index (Phi) is 4.17. The number of halogens is 1. The number of rotatable bonds is 2. The van der Waals surface area contributed by atoms with Crippen molar-refractivity contribution in [1.29, 1.82) is 0 Å². The molecule has 1 aliphatic heterocycles. The second kappa shape index (κ2) is 6.46. The van der Waals surface area contributed by atoms with Gasteiger partial charge >= 0.3 is 0 Å². The number of amides is 1. The van der Waals surface area contributed by atoms with Gasteiger partial charge in [0.1, 0.15) is 0 Å². The van der Waals surface area contributed by atoms with Crippen LogP contribution < -0.4 is 4.90 Å². The fraction of sp³-hybridized carbons (Fsp3) is 0.211. The number of benzene rings is 2. The van der Waals surface area contributed by atoms with Crippen molar-refractivity contribution in [2.24, 2.45) is 0 Å². The quantitative estimate of drug-likeness (QED) is 0.674. The molecule has 0 atom stereocenters. The van der Waals surface area contributed by atoms with Gasteiger partial charge in [0, 0.05) is 41.6 Å². The van der Waals surface area contributed by atoms with Crippen molar-refractivity contribution in [3.05, 3.63) is 64.5 Å². The van der Waals surface area contributed by atoms with Crippen LogP contribution in [-0.4, -0.2) is 37.0 Å². The number of fused-ring (bicyclic) bond motifs is 1. The molecule has 3 nitrogen and oxygen atoms in total. The summed E-state index contributed by atoms with van der Waals surface area (Å²) in [6.45, 7) is 3.13. The lowest BCUT2D eigenvalue weighted by molar-refractivity contribution is 0.0752. The first-order chi connectivity index (χ1) is 11.7. The minimum Gasteiger partial charge on any atom is -0.368 e. The third-order valence-corrected chi connectivity index (χ3v) is 5.72. The van der Waals surface area contributed by atoms with Crippen LogP contribution in [0.15, 0.2) is 54.6 Å². The summed E-state index contributed by atoms with van der Waals surface area (Å²) >= 11 is 7.65. The fourth-order valence-electron chi connectivity index (χ4n) is 3.08. The summed E-state index contributed by atoms with van der Waals surface area (Å²) in [4.78, 5) is 17.8. The first kappa shape index (κ1) is 15.5. The lowest BCUT2D eigenvalue weighted by Crippen LogP contribution is -2.48. The Labute approximate surface area is 150 Å². The molecule has 1 fully saturated rings. The Balaban J connectivity index is 1.46. The second-order valence-electron chi connectivity index (χ2n) is 5.91. The van der Waals surface area contributed by atoms with E-state index in [2.05, 4.69) is 23.1 Å². The molecule has 122 valence electrons. The zero-order valence-corrected chi connectivity index (χ0v) is 14.7. The number of nitrogens with zero attached hydrogens (tertiary/aromatic N) is 2. The predicted octanol–water partition coefficient (Wildman–Crippen LogP) is 4.52. The van der Waals surface area contributed by atoms with Crippen molar-refractivity contribution in [3.63, 3.8) is 0 Å². The van der Waals surface area contributed by atoms with E-state index < -0.39 is 0 Å². The maximum atomic E-state index is 12.8. The van der Waals surface area contributed by atoms with E-state index in [1.54, 1.807) is 11.3 Å². The maximum Gasteiger partial charge on any atom is 0.264 e. The van der Waals surface area contributed by atoms with Gasteiger partial charge in [-0.25, -0.2) is 0 Å². The molecule has 0 saturated carbocycles. The summed E-state index contributed by atoms with van der Waals surface area (Å²) in [5, 5.41) is 1.89. The van der Waals surface area contributed by atoms with Gasteiger partial charge in [0.25, 0.3) is 5.91 Å². The van der Waals surface area contributed by atoms with Crippen LogP contribution in [0, 0.1) is 0 Å². The summed E-state index contributed by atoms with van der Waals surface area (Å²) in [6, 6.07) is 18.0. The minimum absolute atomic E-state index is 0.141. The van der Waals surface area contributed by atoms with Crippen LogP contribution in [-0.2, 0) is 0 Å². The number of hydrogen-bond acceptors (Lipinski definition) is 3. The molecule has 0 N–H and O–H groups in total. The topological polar surface area (TPSA) is 23.6 Å². The molecule has 1 aromatic heterocycles. The van der Waals surface area contributed by atoms with Crippen molar-refractivity contribution < 1.29 is 4.79 Å². The summed E-state index contributed by atoms with van der Waals surface area (Å²) in [5.41, 5.74) is 1.12. The van der Waals surface area contributed by atoms with Crippen molar-refractivity contribution in [2.45, 2.75) is 0 Å². The molecule has 24 heavy (non-hydrogen) atoms. The van der Waals surface area contributed by atoms with Crippen LogP contribution >= 0.6 is 22.9 Å². The van der Waals surface area contributed by atoms with Crippen molar-refractivity contribution in [3.8, 4) is 0 Å². The molecular weight excluding hydrogens is 340 g/mol. The van der Waals surface area contributed by atoms with Crippen LogP contribution in [0.4, 0.5) is 5.69 Å². The molecule has 2 heterocycles. The Morgan fingerprint density at radius 1 is 0.958 bits per heavy atom. The maximum absolute atomic E-state index is 12.8. The van der Waals surface area contributed by atoms with Crippen molar-refractivity contribution in [2.75, 3.05) is 31.1 Å². The molecule has 1 amide bonds. The summed E-state index contributed by atoms with van der Waals surface area (Å²) in [5.74, 6) is 0.141. The van der Waals surface area contributed by atoms with E-state index in [1.165, 1.54) is 4.70 Å². The van der Waals surface area contributed by atoms with E-state index in [9.17, 15) is 4.79 Å². The molecule has 0 spiro atoms. The van der Waals surface area contributed by atoms with Crippen molar-refractivity contribution >= 4 is 44.6 Å². The largest absolute Gasteiger partial charge is 0.368 e. The highest BCUT2D eigenvalue weighted by atomic mass is 35.5. The second-order valence-corrected chi connectivity index (χ2v) is 7.43. The van der Waals surface area contributed by atoms with Gasteiger partial charge in [-0.3, -0.25) is 4.79 Å². The third kappa shape index (κ3) is 2.99. The Morgan fingerprint density at radius 3 is 2.50 bits per heavy atom. The van der Waals surface area contributed by atoms with Gasteiger partial charge in [0.05, 0.1) is 4.88 Å². The highest BCUT2D eigenvalue weighted by Crippen LogP contribution is 2.27. The first-order valence-electron chi connectivity index (χ1n) is 7.99. The normalized spacial score (nSPS) is 15.0. The molecule has 5 heteroatoms. The van der Waals surface area contributed by atoms with E-state index in [4.69, 9.17) is 11.6 Å². The van der Waals surface area contributed by atoms with Gasteiger partial charge in [0.2, 0.25) is 0 Å². The summed E-state index contributed by atoms with van der Waals surface area (Å²) < 4.78 is 1.17. The monoisotopic (exact) mass is 356 g/mol. The van der Waals surface area contributed by atoms with Crippen LogP contribution in [0.5, 0.6) is 0 Å². The van der Waals surface area contributed by atoms with Crippen LogP contribution in [0.2, 0.25) is 5.02 Å². The number of hydrogen-bond donors (Lipinski definition) is 0. The van der Waals surface area contributed by atoms with Crippen molar-refractivity contribution in [1.82, 2.24) is 4.90 Å². The van der Waals surface area contributed by atoms with Crippen LogP contribution in [0.3, 0.4) is 0 Å². The first-order valence-corrected chi connectivity index (χ1v) is 9.18. The molecule has 3 aromatic rings. The fourth-order valence-corrected chi connectivity index (χ4v) is 4.30. The van der Waals surface area contributed by atoms with E-state index in [-0.39, 0.29) is 5.91 Å². The Hall–Kier alpha value is -2.04. The van der Waals surface area contributed by atoms with E-state index in [0.29, 0.717) is 0 Å². The van der Waals surface area contributed by atoms with Gasteiger partial charge in [-0.1, -0.05) is 35.9 Å². The van der Waals surface area contributed by atoms with Gasteiger partial charge in [0.15, 0.2) is 0 Å². The minimum atomic E-state index is 0.141. The molecule has 4 rings (SSSR count). The molecule has 2 aromatic carbocycles. The van der Waals surface area contributed by atoms with Crippen LogP contribution in [0.25, 0.3) is 10.1 Å². The molecule has 1 saturated heterocycles. The Bertz CT molecular complexity index is 851. The number of carbonyl (C=O) groups excluding carboxylic acids is 1. The SMILES string of the molecule is O=C(c1cc2ccccc2s1)N1CCN(c2cccc(Cl)c2)CC1. The highest BCUT2D eigenvalue weighted by Gasteiger charge is 2.23. The molecule has 0 aliphatic carbocycles. The zero-order chi connectivity index (χ0) is 16.5. The Morgan fingerprint density at radius 2 is 1.75 bits per heavy atom. The van der Waals surface area contributed by atoms with Crippen LogP contribution in [0.1, 0.15) is 9.67 Å². The number of thiophene rings is 1. The number of carbonyl (C=O) groups is 1. The predicted molar refractivity (Wildman–Crippen MR) is 101 cm³/mol. The molecular formula is C19H17ClN2OS. The molecule has 1 aliphatic rings. The van der Waals surface area contributed by atoms with Gasteiger partial charge < -0.3 is 9.80 Å². The van der Waals surface area contributed by atoms with E-state index in [1.807, 2.05) is 41.3 Å². The lowest BCUT2D eigenvalue weighted by atomic mass is 10.2. The zero-order valence-electron chi connectivity index (χ0n) is 13.1. The summed E-state index contributed by atoms with van der Waals surface area (Å²) in [7, 11) is 0. The number of piperazine rings is 1. The average Bonchev–Trinajstić information content (AvgIpc) is 3.05. The molecule has 0 unspecified atom stereocenters. The smallest absolute Gasteiger partial charge is 0.264 e. The average molecular weight is 357 g/mol. The summed E-state index contributed by atoms with van der Waals surface area (Å²) in [6.07, 6.45) is 0. The third-order valence-electron chi connectivity index (χ3n) is 4.38. The standard InChI is InChI=1S/C19H17ClN2OS/c20-15-5-3-6-16(13-15)21-8-10-22(11-9-21)19(23)18-12-14-4-1-2-7-17(14)24-18/h1-7,12-13H,8-11H2. The molecule has 0 radical (unpaired) electrons. The van der Waals surface area contributed by atoms with E-state index >= 15 is 0 Å². The van der Waals surface area contributed by atoms with Gasteiger partial charge in [-0.05, 0) is 35.7 Å². The van der Waals surface area contributed by atoms with Gasteiger partial charge in [-0.15, -0.1) is 11.3 Å². The lowest BCUT2D eigenvalue weighted by Gasteiger charge is -2.36. The molecule has 0 bridgehead atoms. The highest BCUT2D eigenvalue weighted by molar-refractivity contribution is 7.20. The van der Waals surface area contributed by atoms with E-state index in [0.717, 1.165) is 47.2 Å².